The van der Waals surface area contributed by atoms with Gasteiger partial charge in [-0.2, -0.15) is 5.10 Å². The largest absolute Gasteiger partial charge is 0.294 e. The number of nitro groups is 1. The van der Waals surface area contributed by atoms with Crippen molar-refractivity contribution in [1.82, 2.24) is 0 Å². The van der Waals surface area contributed by atoms with Gasteiger partial charge in [0, 0.05) is 24.6 Å². The highest BCUT2D eigenvalue weighted by Crippen LogP contribution is 2.24. The van der Waals surface area contributed by atoms with Gasteiger partial charge in [-0.25, -0.2) is 0 Å². The topological polar surface area (TPSA) is 67.5 Å². The average Bonchev–Trinajstić information content (AvgIpc) is 2.88. The number of para-hydroxylation sites is 2. The van der Waals surface area contributed by atoms with E-state index >= 15 is 0 Å². The van der Waals surface area contributed by atoms with Gasteiger partial charge < -0.3 is 0 Å². The van der Waals surface area contributed by atoms with Crippen LogP contribution in [0.15, 0.2) is 53.6 Å². The summed E-state index contributed by atoms with van der Waals surface area (Å²) >= 11 is 0. The molecule has 0 heterocycles. The molecule has 20 heavy (non-hydrogen) atoms. The van der Waals surface area contributed by atoms with Crippen LogP contribution >= 0.6 is 0 Å². The van der Waals surface area contributed by atoms with Gasteiger partial charge in [0.15, 0.2) is 0 Å². The first-order valence-electron chi connectivity index (χ1n) is 6.35. The van der Waals surface area contributed by atoms with Crippen molar-refractivity contribution in [2.24, 2.45) is 5.10 Å². The Morgan fingerprint density at radius 1 is 1.00 bits per heavy atom. The number of rotatable bonds is 3. The maximum atomic E-state index is 10.9. The molecule has 100 valence electrons. The van der Waals surface area contributed by atoms with Crippen molar-refractivity contribution in [1.29, 1.82) is 0 Å². The monoisotopic (exact) mass is 267 g/mol. The van der Waals surface area contributed by atoms with Gasteiger partial charge in [0.25, 0.3) is 5.69 Å². The molecule has 1 aliphatic rings. The van der Waals surface area contributed by atoms with Crippen LogP contribution in [-0.4, -0.2) is 10.6 Å². The van der Waals surface area contributed by atoms with Crippen molar-refractivity contribution < 1.29 is 4.92 Å². The summed E-state index contributed by atoms with van der Waals surface area (Å²) < 4.78 is 0. The highest BCUT2D eigenvalue weighted by atomic mass is 16.6. The Morgan fingerprint density at radius 3 is 2.25 bits per heavy atom. The SMILES string of the molecule is O=[N+]([O-])c1ccccc1NN=C1Cc2ccccc2C1. The van der Waals surface area contributed by atoms with Crippen molar-refractivity contribution in [3.05, 3.63) is 69.8 Å². The summed E-state index contributed by atoms with van der Waals surface area (Å²) in [5.74, 6) is 0. The lowest BCUT2D eigenvalue weighted by atomic mass is 10.1. The number of nitrogens with one attached hydrogen (secondary N) is 1. The quantitative estimate of drug-likeness (QED) is 0.686. The Kier molecular flexibility index (Phi) is 3.16. The Morgan fingerprint density at radius 2 is 1.60 bits per heavy atom. The molecule has 0 saturated heterocycles. The highest BCUT2D eigenvalue weighted by molar-refractivity contribution is 5.93. The number of nitro benzene ring substituents is 1. The molecule has 1 aliphatic carbocycles. The number of nitrogens with zero attached hydrogens (tertiary/aromatic N) is 2. The van der Waals surface area contributed by atoms with Crippen LogP contribution in [0.3, 0.4) is 0 Å². The maximum Gasteiger partial charge on any atom is 0.294 e. The van der Waals surface area contributed by atoms with E-state index in [1.807, 2.05) is 12.1 Å². The molecule has 2 aromatic rings. The first kappa shape index (κ1) is 12.3. The summed E-state index contributed by atoms with van der Waals surface area (Å²) in [6, 6.07) is 14.7. The summed E-state index contributed by atoms with van der Waals surface area (Å²) in [6.45, 7) is 0. The minimum atomic E-state index is -0.411. The minimum Gasteiger partial charge on any atom is -0.272 e. The van der Waals surface area contributed by atoms with Crippen molar-refractivity contribution in [2.45, 2.75) is 12.8 Å². The van der Waals surface area contributed by atoms with Gasteiger partial charge in [0.2, 0.25) is 0 Å². The Balaban J connectivity index is 1.78. The molecule has 0 bridgehead atoms. The summed E-state index contributed by atoms with van der Waals surface area (Å²) in [4.78, 5) is 10.5. The molecule has 0 radical (unpaired) electrons. The third-order valence-electron chi connectivity index (χ3n) is 3.34. The summed E-state index contributed by atoms with van der Waals surface area (Å²) in [5, 5.41) is 15.2. The number of hydrazone groups is 1. The Hall–Kier alpha value is -2.69. The van der Waals surface area contributed by atoms with E-state index in [1.165, 1.54) is 17.2 Å². The number of fused-ring (bicyclic) bond motifs is 1. The highest BCUT2D eigenvalue weighted by Gasteiger charge is 2.17. The second-order valence-corrected chi connectivity index (χ2v) is 4.69. The molecule has 3 rings (SSSR count). The standard InChI is InChI=1S/C15H13N3O2/c19-18(20)15-8-4-3-7-14(15)17-16-13-9-11-5-1-2-6-12(11)10-13/h1-8,17H,9-10H2. The van der Waals surface area contributed by atoms with Crippen LogP contribution in [-0.2, 0) is 12.8 Å². The molecule has 0 aliphatic heterocycles. The van der Waals surface area contributed by atoms with E-state index in [0.717, 1.165) is 18.6 Å². The number of hydrogen-bond donors (Lipinski definition) is 1. The van der Waals surface area contributed by atoms with Crippen LogP contribution in [0.4, 0.5) is 11.4 Å². The van der Waals surface area contributed by atoms with E-state index in [1.54, 1.807) is 18.2 Å². The predicted molar refractivity (Wildman–Crippen MR) is 78.0 cm³/mol. The first-order chi connectivity index (χ1) is 9.74. The van der Waals surface area contributed by atoms with Gasteiger partial charge in [0.1, 0.15) is 5.69 Å². The lowest BCUT2D eigenvalue weighted by molar-refractivity contribution is -0.384. The van der Waals surface area contributed by atoms with Crippen LogP contribution in [0.2, 0.25) is 0 Å². The lowest BCUT2D eigenvalue weighted by Gasteiger charge is -2.02. The second-order valence-electron chi connectivity index (χ2n) is 4.69. The molecule has 0 spiro atoms. The molecule has 2 aromatic carbocycles. The number of anilines is 1. The molecule has 0 aromatic heterocycles. The smallest absolute Gasteiger partial charge is 0.272 e. The van der Waals surface area contributed by atoms with Gasteiger partial charge in [-0.05, 0) is 17.2 Å². The number of benzene rings is 2. The molecular weight excluding hydrogens is 254 g/mol. The van der Waals surface area contributed by atoms with E-state index in [4.69, 9.17) is 0 Å². The molecular formula is C15H13N3O2. The van der Waals surface area contributed by atoms with Gasteiger partial charge >= 0.3 is 0 Å². The zero-order valence-corrected chi connectivity index (χ0v) is 10.7. The van der Waals surface area contributed by atoms with Crippen LogP contribution in [0.25, 0.3) is 0 Å². The minimum absolute atomic E-state index is 0.0346. The summed E-state index contributed by atoms with van der Waals surface area (Å²) in [7, 11) is 0. The van der Waals surface area contributed by atoms with E-state index in [-0.39, 0.29) is 5.69 Å². The van der Waals surface area contributed by atoms with E-state index in [2.05, 4.69) is 22.7 Å². The molecule has 0 unspecified atom stereocenters. The van der Waals surface area contributed by atoms with Crippen molar-refractivity contribution in [2.75, 3.05) is 5.43 Å². The van der Waals surface area contributed by atoms with Gasteiger partial charge in [-0.15, -0.1) is 0 Å². The lowest BCUT2D eigenvalue weighted by Crippen LogP contribution is -2.03. The molecule has 0 fully saturated rings. The van der Waals surface area contributed by atoms with E-state index in [9.17, 15) is 10.1 Å². The fourth-order valence-electron chi connectivity index (χ4n) is 2.35. The fraction of sp³-hybridized carbons (Fsp3) is 0.133. The molecule has 0 saturated carbocycles. The Labute approximate surface area is 116 Å². The van der Waals surface area contributed by atoms with Gasteiger partial charge in [-0.1, -0.05) is 36.4 Å². The van der Waals surface area contributed by atoms with Crippen molar-refractivity contribution >= 4 is 17.1 Å². The molecule has 0 atom stereocenters. The zero-order chi connectivity index (χ0) is 13.9. The van der Waals surface area contributed by atoms with Crippen LogP contribution in [0.5, 0.6) is 0 Å². The van der Waals surface area contributed by atoms with Gasteiger partial charge in [-0.3, -0.25) is 15.5 Å². The normalized spacial score (nSPS) is 12.9. The first-order valence-corrected chi connectivity index (χ1v) is 6.35. The Bertz CT molecular complexity index is 668. The number of hydrogen-bond acceptors (Lipinski definition) is 4. The molecule has 1 N–H and O–H groups in total. The van der Waals surface area contributed by atoms with Crippen LogP contribution in [0.1, 0.15) is 11.1 Å². The van der Waals surface area contributed by atoms with E-state index in [0.29, 0.717) is 5.69 Å². The molecule has 5 heteroatoms. The van der Waals surface area contributed by atoms with Crippen LogP contribution < -0.4 is 5.43 Å². The third-order valence-corrected chi connectivity index (χ3v) is 3.34. The molecule has 5 nitrogen and oxygen atoms in total. The zero-order valence-electron chi connectivity index (χ0n) is 10.7. The van der Waals surface area contributed by atoms with Crippen molar-refractivity contribution in [3.63, 3.8) is 0 Å². The third kappa shape index (κ3) is 2.38. The predicted octanol–water partition coefficient (Wildman–Crippen LogP) is 3.16. The van der Waals surface area contributed by atoms with E-state index < -0.39 is 4.92 Å². The van der Waals surface area contributed by atoms with Crippen LogP contribution in [0, 0.1) is 10.1 Å². The molecule has 0 amide bonds. The van der Waals surface area contributed by atoms with Crippen molar-refractivity contribution in [3.8, 4) is 0 Å². The maximum absolute atomic E-state index is 10.9. The van der Waals surface area contributed by atoms with Gasteiger partial charge in [0.05, 0.1) is 4.92 Å². The summed E-state index contributed by atoms with van der Waals surface area (Å²) in [5.41, 5.74) is 6.81. The fourth-order valence-corrected chi connectivity index (χ4v) is 2.35. The summed E-state index contributed by atoms with van der Waals surface area (Å²) in [6.07, 6.45) is 1.59. The second kappa shape index (κ2) is 5.13. The average molecular weight is 267 g/mol.